The molecule has 0 saturated carbocycles. The molecule has 1 heterocycles. The number of amides is 1. The molecule has 0 aromatic heterocycles. The Morgan fingerprint density at radius 2 is 2.05 bits per heavy atom. The highest BCUT2D eigenvalue weighted by Gasteiger charge is 2.19. The van der Waals surface area contributed by atoms with Gasteiger partial charge in [0.25, 0.3) is 0 Å². The van der Waals surface area contributed by atoms with Crippen LogP contribution in [0.3, 0.4) is 0 Å². The Balaban J connectivity index is 1.94. The maximum Gasteiger partial charge on any atom is 0.249 e. The number of benzene rings is 2. The fourth-order valence-corrected chi connectivity index (χ4v) is 3.59. The lowest BCUT2D eigenvalue weighted by Crippen LogP contribution is -2.30. The summed E-state index contributed by atoms with van der Waals surface area (Å²) in [6.45, 7) is 1.59. The van der Waals surface area contributed by atoms with Gasteiger partial charge in [0.15, 0.2) is 0 Å². The fraction of sp³-hybridized carbons (Fsp3) is 0.188. The molecule has 2 aromatic carbocycles. The third-order valence-corrected chi connectivity index (χ3v) is 4.63. The smallest absolute Gasteiger partial charge is 0.249 e. The summed E-state index contributed by atoms with van der Waals surface area (Å²) in [5.74, 6) is 0.639. The summed E-state index contributed by atoms with van der Waals surface area (Å²) in [5.41, 5.74) is 14.8. The second kappa shape index (κ2) is 5.69. The zero-order valence-electron chi connectivity index (χ0n) is 11.6. The minimum absolute atomic E-state index is 0.384. The van der Waals surface area contributed by atoms with Gasteiger partial charge in [-0.15, -0.1) is 11.8 Å². The summed E-state index contributed by atoms with van der Waals surface area (Å²) in [6, 6.07) is 13.5. The number of nitrogens with two attached hydrogens (primary N) is 2. The van der Waals surface area contributed by atoms with E-state index in [9.17, 15) is 4.79 Å². The summed E-state index contributed by atoms with van der Waals surface area (Å²) >= 11 is 1.83. The van der Waals surface area contributed by atoms with Crippen molar-refractivity contribution < 1.29 is 4.79 Å². The van der Waals surface area contributed by atoms with Gasteiger partial charge in [-0.1, -0.05) is 18.2 Å². The van der Waals surface area contributed by atoms with E-state index in [-0.39, 0.29) is 5.91 Å². The van der Waals surface area contributed by atoms with Crippen molar-refractivity contribution in [1.82, 2.24) is 0 Å². The molecule has 0 saturated heterocycles. The number of primary amides is 1. The van der Waals surface area contributed by atoms with Crippen LogP contribution in [0.1, 0.15) is 15.9 Å². The largest absolute Gasteiger partial charge is 0.399 e. The van der Waals surface area contributed by atoms with E-state index in [1.54, 1.807) is 6.07 Å². The van der Waals surface area contributed by atoms with E-state index in [0.717, 1.165) is 29.2 Å². The number of hydrogen-bond acceptors (Lipinski definition) is 4. The standard InChI is InChI=1S/C16H17N3OS/c17-12-5-6-15-14(9-12)19(7-8-21-15)10-11-3-1-2-4-13(11)16(18)20/h1-6,9H,7-8,10,17H2,(H2,18,20). The van der Waals surface area contributed by atoms with Crippen molar-refractivity contribution in [3.05, 3.63) is 53.6 Å². The summed E-state index contributed by atoms with van der Waals surface area (Å²) in [7, 11) is 0. The van der Waals surface area contributed by atoms with Gasteiger partial charge in [-0.3, -0.25) is 4.79 Å². The van der Waals surface area contributed by atoms with Crippen molar-refractivity contribution in [3.8, 4) is 0 Å². The zero-order chi connectivity index (χ0) is 14.8. The van der Waals surface area contributed by atoms with Crippen LogP contribution in [0.5, 0.6) is 0 Å². The van der Waals surface area contributed by atoms with Crippen LogP contribution >= 0.6 is 11.8 Å². The van der Waals surface area contributed by atoms with Gasteiger partial charge >= 0.3 is 0 Å². The SMILES string of the molecule is NC(=O)c1ccccc1CN1CCSc2ccc(N)cc21. The second-order valence-electron chi connectivity index (χ2n) is 5.02. The number of nitrogen functional groups attached to an aromatic ring is 1. The molecule has 1 amide bonds. The van der Waals surface area contributed by atoms with E-state index < -0.39 is 0 Å². The first-order valence-corrected chi connectivity index (χ1v) is 7.78. The Kier molecular flexibility index (Phi) is 3.75. The lowest BCUT2D eigenvalue weighted by molar-refractivity contribution is 0.0999. The first-order valence-electron chi connectivity index (χ1n) is 6.80. The van der Waals surface area contributed by atoms with Crippen LogP contribution in [0.25, 0.3) is 0 Å². The van der Waals surface area contributed by atoms with Crippen LogP contribution in [0.15, 0.2) is 47.4 Å². The van der Waals surface area contributed by atoms with Crippen LogP contribution in [0, 0.1) is 0 Å². The molecule has 21 heavy (non-hydrogen) atoms. The fourth-order valence-electron chi connectivity index (χ4n) is 2.56. The van der Waals surface area contributed by atoms with Crippen molar-refractivity contribution >= 4 is 29.0 Å². The summed E-state index contributed by atoms with van der Waals surface area (Å²) in [4.78, 5) is 15.0. The average molecular weight is 299 g/mol. The molecule has 4 N–H and O–H groups in total. The van der Waals surface area contributed by atoms with Gasteiger partial charge in [-0.2, -0.15) is 0 Å². The molecule has 4 nitrogen and oxygen atoms in total. The molecule has 5 heteroatoms. The van der Waals surface area contributed by atoms with Crippen LogP contribution < -0.4 is 16.4 Å². The number of nitrogens with zero attached hydrogens (tertiary/aromatic N) is 1. The monoisotopic (exact) mass is 299 g/mol. The molecule has 0 fully saturated rings. The first-order chi connectivity index (χ1) is 10.1. The molecular formula is C16H17N3OS. The van der Waals surface area contributed by atoms with Crippen LogP contribution in [-0.2, 0) is 6.54 Å². The second-order valence-corrected chi connectivity index (χ2v) is 6.16. The average Bonchev–Trinajstić information content (AvgIpc) is 2.48. The molecule has 1 aliphatic rings. The number of hydrogen-bond donors (Lipinski definition) is 2. The van der Waals surface area contributed by atoms with Gasteiger partial charge < -0.3 is 16.4 Å². The summed E-state index contributed by atoms with van der Waals surface area (Å²) in [6.07, 6.45) is 0. The van der Waals surface area contributed by atoms with Gasteiger partial charge in [0.05, 0.1) is 5.69 Å². The number of carbonyl (C=O) groups excluding carboxylic acids is 1. The van der Waals surface area contributed by atoms with E-state index >= 15 is 0 Å². The molecule has 108 valence electrons. The summed E-state index contributed by atoms with van der Waals surface area (Å²) in [5, 5.41) is 0. The predicted molar refractivity (Wildman–Crippen MR) is 87.6 cm³/mol. The van der Waals surface area contributed by atoms with Crippen molar-refractivity contribution in [3.63, 3.8) is 0 Å². The van der Waals surface area contributed by atoms with Gasteiger partial charge in [0, 0.05) is 35.0 Å². The molecular weight excluding hydrogens is 282 g/mol. The molecule has 0 unspecified atom stereocenters. The topological polar surface area (TPSA) is 72.4 Å². The van der Waals surface area contributed by atoms with E-state index in [4.69, 9.17) is 11.5 Å². The van der Waals surface area contributed by atoms with Crippen LogP contribution in [0.2, 0.25) is 0 Å². The molecule has 0 aliphatic carbocycles. The predicted octanol–water partition coefficient (Wildman–Crippen LogP) is 2.48. The molecule has 3 rings (SSSR count). The van der Waals surface area contributed by atoms with Gasteiger partial charge in [-0.25, -0.2) is 0 Å². The Hall–Kier alpha value is -2.14. The van der Waals surface area contributed by atoms with Crippen LogP contribution in [0.4, 0.5) is 11.4 Å². The molecule has 1 aliphatic heterocycles. The van der Waals surface area contributed by atoms with Gasteiger partial charge in [0.2, 0.25) is 5.91 Å². The van der Waals surface area contributed by atoms with Crippen molar-refractivity contribution in [2.24, 2.45) is 5.73 Å². The third-order valence-electron chi connectivity index (χ3n) is 3.59. The number of thioether (sulfide) groups is 1. The highest BCUT2D eigenvalue weighted by atomic mass is 32.2. The van der Waals surface area contributed by atoms with Gasteiger partial charge in [-0.05, 0) is 29.8 Å². The molecule has 0 atom stereocenters. The van der Waals surface area contributed by atoms with Crippen molar-refractivity contribution in [2.75, 3.05) is 22.9 Å². The number of rotatable bonds is 3. The Morgan fingerprint density at radius 3 is 2.86 bits per heavy atom. The Morgan fingerprint density at radius 1 is 1.24 bits per heavy atom. The zero-order valence-corrected chi connectivity index (χ0v) is 12.4. The lowest BCUT2D eigenvalue weighted by Gasteiger charge is -2.31. The number of anilines is 2. The lowest BCUT2D eigenvalue weighted by atomic mass is 10.1. The minimum atomic E-state index is -0.384. The normalized spacial score (nSPS) is 13.8. The molecule has 0 spiro atoms. The van der Waals surface area contributed by atoms with E-state index in [2.05, 4.69) is 11.0 Å². The minimum Gasteiger partial charge on any atom is -0.399 e. The Bertz CT molecular complexity index is 687. The molecule has 2 aromatic rings. The van der Waals surface area contributed by atoms with Gasteiger partial charge in [0.1, 0.15) is 0 Å². The maximum atomic E-state index is 11.5. The van der Waals surface area contributed by atoms with E-state index in [1.165, 1.54) is 4.90 Å². The Labute approximate surface area is 128 Å². The third kappa shape index (κ3) is 2.83. The van der Waals surface area contributed by atoms with Crippen LogP contribution in [-0.4, -0.2) is 18.2 Å². The maximum absolute atomic E-state index is 11.5. The quantitative estimate of drug-likeness (QED) is 0.854. The molecule has 0 radical (unpaired) electrons. The highest BCUT2D eigenvalue weighted by molar-refractivity contribution is 7.99. The number of fused-ring (bicyclic) bond motifs is 1. The number of carbonyl (C=O) groups is 1. The van der Waals surface area contributed by atoms with Crippen molar-refractivity contribution in [2.45, 2.75) is 11.4 Å². The first kappa shape index (κ1) is 13.8. The highest BCUT2D eigenvalue weighted by Crippen LogP contribution is 2.36. The molecule has 0 bridgehead atoms. The van der Waals surface area contributed by atoms with E-state index in [0.29, 0.717) is 12.1 Å². The van der Waals surface area contributed by atoms with Crippen molar-refractivity contribution in [1.29, 1.82) is 0 Å². The van der Waals surface area contributed by atoms with E-state index in [1.807, 2.05) is 42.1 Å². The summed E-state index contributed by atoms with van der Waals surface area (Å²) < 4.78 is 0.